The molecule has 0 aromatic heterocycles. The third-order valence-corrected chi connectivity index (χ3v) is 7.57. The standard InChI is InChI=1S/C29H28N4O2S/c1-18-9-12-21(13-10-18)24-16-25(22-7-5-4-6-8-22)33(32-24)29-31-28(35)26(36-29)17-27(34)30-23-14-11-19(2)15-20(23)3/h4-15,25-26H,16-17H2,1-3H3,(H,30,34)/t25-,26-/m0/s1. The fourth-order valence-electron chi connectivity index (χ4n) is 4.47. The highest BCUT2D eigenvalue weighted by Gasteiger charge is 2.39. The number of rotatable bonds is 5. The fourth-order valence-corrected chi connectivity index (χ4v) is 5.53. The van der Waals surface area contributed by atoms with E-state index in [4.69, 9.17) is 5.10 Å². The molecule has 3 aromatic rings. The van der Waals surface area contributed by atoms with Crippen molar-refractivity contribution in [2.75, 3.05) is 5.32 Å². The maximum Gasteiger partial charge on any atom is 0.262 e. The van der Waals surface area contributed by atoms with Crippen LogP contribution in [-0.4, -0.2) is 33.0 Å². The first kappa shape index (κ1) is 24.0. The van der Waals surface area contributed by atoms with Crippen LogP contribution in [-0.2, 0) is 9.59 Å². The lowest BCUT2D eigenvalue weighted by atomic mass is 9.98. The summed E-state index contributed by atoms with van der Waals surface area (Å²) in [5, 5.41) is 9.68. The summed E-state index contributed by atoms with van der Waals surface area (Å²) < 4.78 is 0. The van der Waals surface area contributed by atoms with Gasteiger partial charge in [0.1, 0.15) is 5.25 Å². The third kappa shape index (κ3) is 5.11. The van der Waals surface area contributed by atoms with E-state index in [0.29, 0.717) is 11.6 Å². The predicted octanol–water partition coefficient (Wildman–Crippen LogP) is 5.79. The summed E-state index contributed by atoms with van der Waals surface area (Å²) in [5.74, 6) is -0.495. The van der Waals surface area contributed by atoms with E-state index in [1.165, 1.54) is 17.3 Å². The lowest BCUT2D eigenvalue weighted by Gasteiger charge is -2.23. The van der Waals surface area contributed by atoms with Crippen molar-refractivity contribution in [3.8, 4) is 0 Å². The number of hydrogen-bond acceptors (Lipinski definition) is 5. The zero-order valence-electron chi connectivity index (χ0n) is 20.6. The number of hydrazone groups is 1. The maximum absolute atomic E-state index is 12.8. The first-order valence-corrected chi connectivity index (χ1v) is 12.9. The Hall–Kier alpha value is -3.71. The molecule has 0 unspecified atom stereocenters. The molecule has 2 atom stereocenters. The molecule has 3 aromatic carbocycles. The van der Waals surface area contributed by atoms with Crippen molar-refractivity contribution in [3.05, 3.63) is 101 Å². The normalized spacial score (nSPS) is 19.3. The SMILES string of the molecule is Cc1ccc(C2=NN(C3=NC(=O)[C@H](CC(=O)Nc4ccc(C)cc4C)S3)[C@H](c3ccccc3)C2)cc1. The van der Waals surface area contributed by atoms with Gasteiger partial charge in [-0.25, -0.2) is 5.01 Å². The van der Waals surface area contributed by atoms with Crippen molar-refractivity contribution < 1.29 is 9.59 Å². The lowest BCUT2D eigenvalue weighted by Crippen LogP contribution is -2.25. The van der Waals surface area contributed by atoms with E-state index in [2.05, 4.69) is 53.6 Å². The summed E-state index contributed by atoms with van der Waals surface area (Å²) in [7, 11) is 0. The summed E-state index contributed by atoms with van der Waals surface area (Å²) in [6.45, 7) is 6.03. The Morgan fingerprint density at radius 1 is 1.00 bits per heavy atom. The van der Waals surface area contributed by atoms with Gasteiger partial charge >= 0.3 is 0 Å². The van der Waals surface area contributed by atoms with Crippen molar-refractivity contribution in [1.82, 2.24) is 5.01 Å². The number of anilines is 1. The zero-order valence-corrected chi connectivity index (χ0v) is 21.4. The number of nitrogens with zero attached hydrogens (tertiary/aromatic N) is 3. The first-order valence-electron chi connectivity index (χ1n) is 12.0. The Kier molecular flexibility index (Phi) is 6.74. The van der Waals surface area contributed by atoms with Gasteiger partial charge in [-0.2, -0.15) is 10.1 Å². The number of thioether (sulfide) groups is 1. The maximum atomic E-state index is 12.8. The van der Waals surface area contributed by atoms with Gasteiger partial charge in [0.2, 0.25) is 5.91 Å². The number of aliphatic imine (C=N–C) groups is 1. The molecule has 0 saturated carbocycles. The average Bonchev–Trinajstić information content (AvgIpc) is 3.46. The van der Waals surface area contributed by atoms with Crippen LogP contribution in [0.4, 0.5) is 5.69 Å². The van der Waals surface area contributed by atoms with E-state index in [0.717, 1.165) is 33.7 Å². The van der Waals surface area contributed by atoms with Gasteiger partial charge in [0, 0.05) is 18.5 Å². The Balaban J connectivity index is 1.34. The van der Waals surface area contributed by atoms with Crippen molar-refractivity contribution >= 4 is 40.1 Å². The van der Waals surface area contributed by atoms with Gasteiger partial charge in [0.15, 0.2) is 5.17 Å². The molecule has 0 fully saturated rings. The summed E-state index contributed by atoms with van der Waals surface area (Å²) in [4.78, 5) is 29.9. The molecule has 0 aliphatic carbocycles. The number of amides is 2. The van der Waals surface area contributed by atoms with Crippen LogP contribution in [0.5, 0.6) is 0 Å². The molecule has 2 amide bonds. The van der Waals surface area contributed by atoms with Gasteiger partial charge in [0.25, 0.3) is 5.91 Å². The van der Waals surface area contributed by atoms with Crippen LogP contribution in [0.1, 0.15) is 46.7 Å². The number of hydrogen-bond donors (Lipinski definition) is 1. The highest BCUT2D eigenvalue weighted by molar-refractivity contribution is 8.15. The molecule has 36 heavy (non-hydrogen) atoms. The Morgan fingerprint density at radius 3 is 2.44 bits per heavy atom. The summed E-state index contributed by atoms with van der Waals surface area (Å²) in [6.07, 6.45) is 0.765. The van der Waals surface area contributed by atoms with Gasteiger partial charge in [-0.3, -0.25) is 9.59 Å². The highest BCUT2D eigenvalue weighted by Crippen LogP contribution is 2.38. The van der Waals surface area contributed by atoms with Crippen LogP contribution >= 0.6 is 11.8 Å². The Bertz CT molecular complexity index is 1370. The van der Waals surface area contributed by atoms with Gasteiger partial charge in [-0.15, -0.1) is 0 Å². The van der Waals surface area contributed by atoms with Gasteiger partial charge < -0.3 is 5.32 Å². The molecule has 0 radical (unpaired) electrons. The molecule has 5 rings (SSSR count). The molecule has 182 valence electrons. The number of carbonyl (C=O) groups is 2. The van der Waals surface area contributed by atoms with E-state index in [-0.39, 0.29) is 24.3 Å². The minimum atomic E-state index is -0.569. The second kappa shape index (κ2) is 10.1. The molecule has 2 heterocycles. The molecule has 2 aliphatic heterocycles. The number of carbonyl (C=O) groups excluding carboxylic acids is 2. The average molecular weight is 497 g/mol. The van der Waals surface area contributed by atoms with E-state index in [1.807, 2.05) is 55.3 Å². The molecule has 0 bridgehead atoms. The molecular weight excluding hydrogens is 468 g/mol. The van der Waals surface area contributed by atoms with Gasteiger partial charge in [-0.1, -0.05) is 89.6 Å². The van der Waals surface area contributed by atoms with E-state index in [9.17, 15) is 9.59 Å². The summed E-state index contributed by atoms with van der Waals surface area (Å²) in [6, 6.07) is 24.3. The molecule has 1 N–H and O–H groups in total. The summed E-state index contributed by atoms with van der Waals surface area (Å²) >= 11 is 1.32. The van der Waals surface area contributed by atoms with E-state index in [1.54, 1.807) is 0 Å². The smallest absolute Gasteiger partial charge is 0.262 e. The van der Waals surface area contributed by atoms with Crippen LogP contribution < -0.4 is 5.32 Å². The largest absolute Gasteiger partial charge is 0.326 e. The summed E-state index contributed by atoms with van der Waals surface area (Å²) in [5.41, 5.74) is 7.20. The zero-order chi connectivity index (χ0) is 25.2. The van der Waals surface area contributed by atoms with Crippen molar-refractivity contribution in [3.63, 3.8) is 0 Å². The molecule has 0 saturated heterocycles. The quantitative estimate of drug-likeness (QED) is 0.485. The van der Waals surface area contributed by atoms with E-state index >= 15 is 0 Å². The lowest BCUT2D eigenvalue weighted by molar-refractivity contribution is -0.121. The predicted molar refractivity (Wildman–Crippen MR) is 146 cm³/mol. The Labute approximate surface area is 215 Å². The van der Waals surface area contributed by atoms with Gasteiger partial charge in [-0.05, 0) is 43.5 Å². The van der Waals surface area contributed by atoms with Crippen LogP contribution in [0.25, 0.3) is 0 Å². The molecule has 2 aliphatic rings. The molecule has 6 nitrogen and oxygen atoms in total. The van der Waals surface area contributed by atoms with Crippen LogP contribution in [0, 0.1) is 20.8 Å². The van der Waals surface area contributed by atoms with Crippen molar-refractivity contribution in [1.29, 1.82) is 0 Å². The van der Waals surface area contributed by atoms with Gasteiger partial charge in [0.05, 0.1) is 11.8 Å². The number of aryl methyl sites for hydroxylation is 3. The minimum absolute atomic E-state index is 0.0577. The first-order chi connectivity index (χ1) is 17.4. The van der Waals surface area contributed by atoms with Crippen molar-refractivity contribution in [2.24, 2.45) is 10.1 Å². The number of amidine groups is 1. The third-order valence-electron chi connectivity index (χ3n) is 6.43. The van der Waals surface area contributed by atoms with Crippen molar-refractivity contribution in [2.45, 2.75) is 44.9 Å². The topological polar surface area (TPSA) is 74.1 Å². The minimum Gasteiger partial charge on any atom is -0.326 e. The van der Waals surface area contributed by atoms with Crippen LogP contribution in [0.15, 0.2) is 82.9 Å². The van der Waals surface area contributed by atoms with Crippen LogP contribution in [0.2, 0.25) is 0 Å². The number of nitrogens with one attached hydrogen (secondary N) is 1. The second-order valence-corrected chi connectivity index (χ2v) is 10.5. The second-order valence-electron chi connectivity index (χ2n) is 9.30. The highest BCUT2D eigenvalue weighted by atomic mass is 32.2. The molecular formula is C29H28N4O2S. The molecule has 0 spiro atoms. The Morgan fingerprint density at radius 2 is 1.72 bits per heavy atom. The fraction of sp³-hybridized carbons (Fsp3) is 0.241. The monoisotopic (exact) mass is 496 g/mol. The number of benzene rings is 3. The van der Waals surface area contributed by atoms with Crippen LogP contribution in [0.3, 0.4) is 0 Å². The molecule has 7 heteroatoms. The van der Waals surface area contributed by atoms with E-state index < -0.39 is 5.25 Å².